The lowest BCUT2D eigenvalue weighted by Gasteiger charge is -2.26. The van der Waals surface area contributed by atoms with Gasteiger partial charge in [0.15, 0.2) is 0 Å². The van der Waals surface area contributed by atoms with Gasteiger partial charge in [-0.05, 0) is 31.4 Å². The summed E-state index contributed by atoms with van der Waals surface area (Å²) >= 11 is 5.90. The zero-order valence-electron chi connectivity index (χ0n) is 11.2. The van der Waals surface area contributed by atoms with Gasteiger partial charge in [-0.15, -0.1) is 0 Å². The molecule has 1 aromatic carbocycles. The molecule has 7 heteroatoms. The van der Waals surface area contributed by atoms with Crippen molar-refractivity contribution in [1.29, 1.82) is 0 Å². The van der Waals surface area contributed by atoms with Gasteiger partial charge in [-0.3, -0.25) is 14.9 Å². The van der Waals surface area contributed by atoms with Crippen LogP contribution in [0.15, 0.2) is 27.4 Å². The van der Waals surface area contributed by atoms with Gasteiger partial charge < -0.3 is 9.32 Å². The molecule has 0 aliphatic carbocycles. The van der Waals surface area contributed by atoms with E-state index < -0.39 is 16.0 Å². The SMILES string of the molecule is O=c1c([N+](=O)[O-])c(N2CCCCC2)oc2cc(Cl)ccc12. The Bertz CT molecular complexity index is 765. The molecule has 0 unspecified atom stereocenters. The number of halogens is 1. The van der Waals surface area contributed by atoms with E-state index in [2.05, 4.69) is 0 Å². The summed E-state index contributed by atoms with van der Waals surface area (Å²) in [5.41, 5.74) is -0.844. The highest BCUT2D eigenvalue weighted by molar-refractivity contribution is 6.31. The summed E-state index contributed by atoms with van der Waals surface area (Å²) in [4.78, 5) is 24.8. The molecule has 110 valence electrons. The van der Waals surface area contributed by atoms with Gasteiger partial charge in [0.1, 0.15) is 5.58 Å². The summed E-state index contributed by atoms with van der Waals surface area (Å²) < 4.78 is 5.66. The lowest BCUT2D eigenvalue weighted by molar-refractivity contribution is -0.385. The van der Waals surface area contributed by atoms with Crippen LogP contribution in [0.2, 0.25) is 5.02 Å². The van der Waals surface area contributed by atoms with Gasteiger partial charge in [-0.25, -0.2) is 0 Å². The predicted octanol–water partition coefficient (Wildman–Crippen LogP) is 3.34. The lowest BCUT2D eigenvalue weighted by Crippen LogP contribution is -2.31. The topological polar surface area (TPSA) is 76.6 Å². The number of nitro groups is 1. The molecule has 2 heterocycles. The van der Waals surface area contributed by atoms with Crippen molar-refractivity contribution < 1.29 is 9.34 Å². The van der Waals surface area contributed by atoms with Crippen LogP contribution in [0.1, 0.15) is 19.3 Å². The van der Waals surface area contributed by atoms with Gasteiger partial charge >= 0.3 is 5.69 Å². The second kappa shape index (κ2) is 5.37. The maximum Gasteiger partial charge on any atom is 0.376 e. The molecule has 0 saturated carbocycles. The van der Waals surface area contributed by atoms with Crippen LogP contribution in [0.5, 0.6) is 0 Å². The van der Waals surface area contributed by atoms with Gasteiger partial charge in [0, 0.05) is 24.2 Å². The first-order valence-electron chi connectivity index (χ1n) is 6.73. The van der Waals surface area contributed by atoms with E-state index >= 15 is 0 Å². The number of piperidine rings is 1. The fourth-order valence-electron chi connectivity index (χ4n) is 2.62. The van der Waals surface area contributed by atoms with Crippen LogP contribution in [0.25, 0.3) is 11.0 Å². The third kappa shape index (κ3) is 2.47. The van der Waals surface area contributed by atoms with Crippen molar-refractivity contribution in [3.63, 3.8) is 0 Å². The molecule has 0 atom stereocenters. The minimum atomic E-state index is -0.663. The van der Waals surface area contributed by atoms with E-state index in [0.717, 1.165) is 19.3 Å². The van der Waals surface area contributed by atoms with E-state index in [0.29, 0.717) is 18.1 Å². The first-order valence-corrected chi connectivity index (χ1v) is 7.11. The van der Waals surface area contributed by atoms with E-state index in [1.54, 1.807) is 4.90 Å². The summed E-state index contributed by atoms with van der Waals surface area (Å²) in [6, 6.07) is 4.48. The second-order valence-electron chi connectivity index (χ2n) is 5.03. The molecule has 1 aliphatic rings. The largest absolute Gasteiger partial charge is 0.434 e. The number of benzene rings is 1. The summed E-state index contributed by atoms with van der Waals surface area (Å²) in [6.07, 6.45) is 2.93. The normalized spacial score (nSPS) is 15.4. The Kier molecular flexibility index (Phi) is 3.55. The molecule has 21 heavy (non-hydrogen) atoms. The van der Waals surface area contributed by atoms with Gasteiger partial charge in [0.05, 0.1) is 10.3 Å². The molecule has 1 aromatic heterocycles. The number of hydrogen-bond acceptors (Lipinski definition) is 5. The molecular weight excluding hydrogens is 296 g/mol. The van der Waals surface area contributed by atoms with Crippen LogP contribution in [0.4, 0.5) is 11.6 Å². The number of anilines is 1. The zero-order chi connectivity index (χ0) is 15.0. The van der Waals surface area contributed by atoms with Crippen LogP contribution in [-0.4, -0.2) is 18.0 Å². The fourth-order valence-corrected chi connectivity index (χ4v) is 2.78. The van der Waals surface area contributed by atoms with Crippen LogP contribution in [0.3, 0.4) is 0 Å². The van der Waals surface area contributed by atoms with Gasteiger partial charge in [0.2, 0.25) is 0 Å². The fraction of sp³-hybridized carbons (Fsp3) is 0.357. The highest BCUT2D eigenvalue weighted by atomic mass is 35.5. The van der Waals surface area contributed by atoms with Gasteiger partial charge in [-0.2, -0.15) is 0 Å². The number of nitrogens with zero attached hydrogens (tertiary/aromatic N) is 2. The molecular formula is C14H13ClN2O4. The molecule has 1 saturated heterocycles. The van der Waals surface area contributed by atoms with Crippen molar-refractivity contribution in [3.05, 3.63) is 43.6 Å². The second-order valence-corrected chi connectivity index (χ2v) is 5.47. The molecule has 1 fully saturated rings. The summed E-state index contributed by atoms with van der Waals surface area (Å²) in [5.74, 6) is 0.0412. The summed E-state index contributed by atoms with van der Waals surface area (Å²) in [5, 5.41) is 11.9. The van der Waals surface area contributed by atoms with Gasteiger partial charge in [-0.1, -0.05) is 11.6 Å². The van der Waals surface area contributed by atoms with Crippen molar-refractivity contribution >= 4 is 34.1 Å². The average Bonchev–Trinajstić information content (AvgIpc) is 2.47. The molecule has 0 bridgehead atoms. The Morgan fingerprint density at radius 2 is 1.95 bits per heavy atom. The molecule has 0 radical (unpaired) electrons. The molecule has 0 spiro atoms. The van der Waals surface area contributed by atoms with Crippen LogP contribution >= 0.6 is 11.6 Å². The average molecular weight is 309 g/mol. The Morgan fingerprint density at radius 1 is 1.24 bits per heavy atom. The predicted molar refractivity (Wildman–Crippen MR) is 80.2 cm³/mol. The van der Waals surface area contributed by atoms with Crippen LogP contribution < -0.4 is 10.3 Å². The highest BCUT2D eigenvalue weighted by Gasteiger charge is 2.29. The molecule has 0 amide bonds. The van der Waals surface area contributed by atoms with Crippen molar-refractivity contribution in [2.75, 3.05) is 18.0 Å². The quantitative estimate of drug-likeness (QED) is 0.628. The molecule has 2 aromatic rings. The van der Waals surface area contributed by atoms with Crippen molar-refractivity contribution in [2.45, 2.75) is 19.3 Å². The summed E-state index contributed by atoms with van der Waals surface area (Å²) in [6.45, 7) is 1.30. The van der Waals surface area contributed by atoms with Crippen molar-refractivity contribution in [1.82, 2.24) is 0 Å². The Labute approximate surface area is 125 Å². The molecule has 6 nitrogen and oxygen atoms in total. The van der Waals surface area contributed by atoms with E-state index in [9.17, 15) is 14.9 Å². The Hall–Kier alpha value is -2.08. The van der Waals surface area contributed by atoms with Gasteiger partial charge in [0.25, 0.3) is 11.3 Å². The molecule has 3 rings (SSSR count). The third-order valence-electron chi connectivity index (χ3n) is 3.64. The van der Waals surface area contributed by atoms with Crippen molar-refractivity contribution in [2.24, 2.45) is 0 Å². The molecule has 1 aliphatic heterocycles. The van der Waals surface area contributed by atoms with Crippen LogP contribution in [0, 0.1) is 10.1 Å². The minimum Gasteiger partial charge on any atom is -0.434 e. The summed E-state index contributed by atoms with van der Waals surface area (Å²) in [7, 11) is 0. The third-order valence-corrected chi connectivity index (χ3v) is 3.87. The Morgan fingerprint density at radius 3 is 2.62 bits per heavy atom. The minimum absolute atomic E-state index is 0.0412. The standard InChI is InChI=1S/C14H13ClN2O4/c15-9-4-5-10-11(8-9)21-14(12(13(10)18)17(19)20)16-6-2-1-3-7-16/h4-5,8H,1-3,6-7H2. The maximum atomic E-state index is 12.4. The highest BCUT2D eigenvalue weighted by Crippen LogP contribution is 2.31. The maximum absolute atomic E-state index is 12.4. The number of fused-ring (bicyclic) bond motifs is 1. The zero-order valence-corrected chi connectivity index (χ0v) is 11.9. The Balaban J connectivity index is 2.27. The first kappa shape index (κ1) is 13.9. The molecule has 0 N–H and O–H groups in total. The van der Waals surface area contributed by atoms with E-state index in [4.69, 9.17) is 16.0 Å². The van der Waals surface area contributed by atoms with E-state index in [1.807, 2.05) is 0 Å². The smallest absolute Gasteiger partial charge is 0.376 e. The number of rotatable bonds is 2. The number of hydrogen-bond donors (Lipinski definition) is 0. The first-order chi connectivity index (χ1) is 10.1. The van der Waals surface area contributed by atoms with E-state index in [-0.39, 0.29) is 16.9 Å². The lowest BCUT2D eigenvalue weighted by atomic mass is 10.1. The monoisotopic (exact) mass is 308 g/mol. The van der Waals surface area contributed by atoms with Crippen molar-refractivity contribution in [3.8, 4) is 0 Å². The van der Waals surface area contributed by atoms with E-state index in [1.165, 1.54) is 18.2 Å². The van der Waals surface area contributed by atoms with Crippen LogP contribution in [-0.2, 0) is 0 Å².